The van der Waals surface area contributed by atoms with Crippen LogP contribution in [-0.4, -0.2) is 51.3 Å². The molecule has 1 aromatic heterocycles. The predicted molar refractivity (Wildman–Crippen MR) is 112 cm³/mol. The fraction of sp³-hybridized carbons (Fsp3) is 0.625. The van der Waals surface area contributed by atoms with Crippen LogP contribution in [0.5, 0.6) is 0 Å². The summed E-state index contributed by atoms with van der Waals surface area (Å²) in [5, 5.41) is 11.4. The second-order valence-corrected chi connectivity index (χ2v) is 6.41. The van der Waals surface area contributed by atoms with Gasteiger partial charge in [-0.05, 0) is 31.7 Å². The van der Waals surface area contributed by atoms with Gasteiger partial charge in [-0.2, -0.15) is 0 Å². The van der Waals surface area contributed by atoms with Crippen molar-refractivity contribution in [1.29, 1.82) is 0 Å². The Bertz CT molecular complexity index is 467. The van der Waals surface area contributed by atoms with Crippen LogP contribution >= 0.6 is 35.3 Å². The zero-order chi connectivity index (χ0) is 16.9. The molecule has 0 fully saturated rings. The van der Waals surface area contributed by atoms with E-state index in [0.29, 0.717) is 26.1 Å². The van der Waals surface area contributed by atoms with E-state index in [-0.39, 0.29) is 35.9 Å². The van der Waals surface area contributed by atoms with Gasteiger partial charge >= 0.3 is 0 Å². The molecule has 6 nitrogen and oxygen atoms in total. The lowest BCUT2D eigenvalue weighted by Crippen LogP contribution is -2.41. The van der Waals surface area contributed by atoms with Gasteiger partial charge in [-0.3, -0.25) is 9.79 Å². The molecule has 0 bridgehead atoms. The number of guanidine groups is 1. The number of ether oxygens (including phenoxy) is 1. The summed E-state index contributed by atoms with van der Waals surface area (Å²) in [4.78, 5) is 17.4. The van der Waals surface area contributed by atoms with Gasteiger partial charge in [0.1, 0.15) is 0 Å². The van der Waals surface area contributed by atoms with Crippen molar-refractivity contribution >= 4 is 47.2 Å². The molecule has 0 saturated heterocycles. The quantitative estimate of drug-likeness (QED) is 0.213. The van der Waals surface area contributed by atoms with Crippen molar-refractivity contribution in [3.05, 3.63) is 22.4 Å². The number of thiophene rings is 1. The van der Waals surface area contributed by atoms with Crippen LogP contribution in [-0.2, 0) is 16.0 Å². The molecule has 0 unspecified atom stereocenters. The molecule has 24 heavy (non-hydrogen) atoms. The molecule has 138 valence electrons. The average Bonchev–Trinajstić information content (AvgIpc) is 2.99. The first-order valence-corrected chi connectivity index (χ1v) is 8.82. The fourth-order valence-corrected chi connectivity index (χ4v) is 2.58. The van der Waals surface area contributed by atoms with Crippen molar-refractivity contribution < 1.29 is 9.53 Å². The van der Waals surface area contributed by atoms with Gasteiger partial charge in [0.05, 0.1) is 13.2 Å². The van der Waals surface area contributed by atoms with E-state index < -0.39 is 0 Å². The van der Waals surface area contributed by atoms with Crippen LogP contribution in [0.25, 0.3) is 0 Å². The lowest BCUT2D eigenvalue weighted by atomic mass is 10.3. The number of carbonyl (C=O) groups excluding carboxylic acids is 1. The van der Waals surface area contributed by atoms with Crippen LogP contribution < -0.4 is 16.0 Å². The maximum Gasteiger partial charge on any atom is 0.221 e. The average molecular weight is 468 g/mol. The number of rotatable bonds is 10. The smallest absolute Gasteiger partial charge is 0.221 e. The minimum atomic E-state index is 0. The van der Waals surface area contributed by atoms with E-state index in [1.165, 1.54) is 4.88 Å². The van der Waals surface area contributed by atoms with Gasteiger partial charge in [0.2, 0.25) is 5.91 Å². The number of hydrogen-bond donors (Lipinski definition) is 3. The molecule has 8 heteroatoms. The molecule has 3 N–H and O–H groups in total. The maximum atomic E-state index is 11.6. The Hall–Kier alpha value is -0.870. The van der Waals surface area contributed by atoms with Gasteiger partial charge in [-0.1, -0.05) is 6.07 Å². The third-order valence-corrected chi connectivity index (χ3v) is 3.84. The van der Waals surface area contributed by atoms with Crippen LogP contribution in [0.15, 0.2) is 22.5 Å². The number of aliphatic imine (C=N–C) groups is 1. The van der Waals surface area contributed by atoms with Crippen molar-refractivity contribution in [3.8, 4) is 0 Å². The van der Waals surface area contributed by atoms with Crippen molar-refractivity contribution in [3.63, 3.8) is 0 Å². The molecule has 0 spiro atoms. The molecule has 1 heterocycles. The number of methoxy groups -OCH3 is 1. The number of carbonyl (C=O) groups is 1. The summed E-state index contributed by atoms with van der Waals surface area (Å²) in [5.74, 6) is 0.762. The Balaban J connectivity index is 0.00000529. The van der Waals surface area contributed by atoms with E-state index in [4.69, 9.17) is 4.74 Å². The standard InChI is InChI=1S/C16H28N4O2S.HI/c1-13(2)20-15(21)7-9-18-16(19-10-11-22-3)17-8-6-14-5-4-12-23-14;/h4-5,12-13H,6-11H2,1-3H3,(H,20,21)(H2,17,18,19);1H. The number of halogens is 1. The molecule has 1 rings (SSSR count). The minimum absolute atomic E-state index is 0. The zero-order valence-electron chi connectivity index (χ0n) is 14.6. The molecule has 0 atom stereocenters. The van der Waals surface area contributed by atoms with Crippen LogP contribution in [0.2, 0.25) is 0 Å². The van der Waals surface area contributed by atoms with Crippen LogP contribution in [0.3, 0.4) is 0 Å². The maximum absolute atomic E-state index is 11.6. The van der Waals surface area contributed by atoms with Crippen LogP contribution in [0, 0.1) is 0 Å². The van der Waals surface area contributed by atoms with E-state index in [1.807, 2.05) is 13.8 Å². The molecule has 0 saturated carbocycles. The van der Waals surface area contributed by atoms with Gasteiger partial charge in [-0.15, -0.1) is 35.3 Å². The van der Waals surface area contributed by atoms with E-state index in [2.05, 4.69) is 38.5 Å². The highest BCUT2D eigenvalue weighted by Crippen LogP contribution is 2.07. The first-order chi connectivity index (χ1) is 11.1. The van der Waals surface area contributed by atoms with Crippen LogP contribution in [0.1, 0.15) is 25.1 Å². The summed E-state index contributed by atoms with van der Waals surface area (Å²) in [6.45, 7) is 6.42. The highest BCUT2D eigenvalue weighted by atomic mass is 127. The first-order valence-electron chi connectivity index (χ1n) is 7.94. The lowest BCUT2D eigenvalue weighted by molar-refractivity contribution is -0.121. The molecule has 0 aromatic carbocycles. The highest BCUT2D eigenvalue weighted by Gasteiger charge is 2.04. The van der Waals surface area contributed by atoms with Crippen molar-refractivity contribution in [2.24, 2.45) is 4.99 Å². The largest absolute Gasteiger partial charge is 0.383 e. The summed E-state index contributed by atoms with van der Waals surface area (Å²) in [7, 11) is 1.66. The van der Waals surface area contributed by atoms with E-state index in [9.17, 15) is 4.79 Å². The highest BCUT2D eigenvalue weighted by molar-refractivity contribution is 14.0. The molecule has 1 amide bonds. The predicted octanol–water partition coefficient (Wildman–Crippen LogP) is 2.00. The van der Waals surface area contributed by atoms with Gasteiger partial charge < -0.3 is 20.7 Å². The third-order valence-electron chi connectivity index (χ3n) is 2.90. The second kappa shape index (κ2) is 14.5. The molecule has 1 aromatic rings. The number of hydrogen-bond acceptors (Lipinski definition) is 4. The molecule has 0 aliphatic rings. The summed E-state index contributed by atoms with van der Waals surface area (Å²) >= 11 is 1.75. The van der Waals surface area contributed by atoms with Gasteiger partial charge in [0, 0.05) is 37.5 Å². The molecular formula is C16H29IN4O2S. The topological polar surface area (TPSA) is 74.8 Å². The summed E-state index contributed by atoms with van der Waals surface area (Å²) in [6.07, 6.45) is 1.38. The first kappa shape index (κ1) is 23.1. The Morgan fingerprint density at radius 2 is 2.08 bits per heavy atom. The Morgan fingerprint density at radius 1 is 1.33 bits per heavy atom. The molecular weight excluding hydrogens is 439 g/mol. The lowest BCUT2D eigenvalue weighted by Gasteiger charge is -2.13. The van der Waals surface area contributed by atoms with Gasteiger partial charge in [-0.25, -0.2) is 0 Å². The number of nitrogens with one attached hydrogen (secondary N) is 3. The molecule has 0 aliphatic carbocycles. The van der Waals surface area contributed by atoms with Crippen molar-refractivity contribution in [2.75, 3.05) is 33.4 Å². The summed E-state index contributed by atoms with van der Waals surface area (Å²) in [5.41, 5.74) is 0. The minimum Gasteiger partial charge on any atom is -0.383 e. The summed E-state index contributed by atoms with van der Waals surface area (Å²) < 4.78 is 5.02. The number of amides is 1. The molecule has 0 aliphatic heterocycles. The Labute approximate surface area is 165 Å². The summed E-state index contributed by atoms with van der Waals surface area (Å²) in [6, 6.07) is 4.35. The Kier molecular flexibility index (Phi) is 13.9. The van der Waals surface area contributed by atoms with Crippen LogP contribution in [0.4, 0.5) is 0 Å². The third kappa shape index (κ3) is 11.6. The second-order valence-electron chi connectivity index (χ2n) is 5.38. The fourth-order valence-electron chi connectivity index (χ4n) is 1.87. The van der Waals surface area contributed by atoms with Crippen molar-refractivity contribution in [2.45, 2.75) is 32.7 Å². The van der Waals surface area contributed by atoms with Gasteiger partial charge in [0.15, 0.2) is 5.96 Å². The Morgan fingerprint density at radius 3 is 2.71 bits per heavy atom. The van der Waals surface area contributed by atoms with E-state index in [0.717, 1.165) is 18.9 Å². The van der Waals surface area contributed by atoms with E-state index in [1.54, 1.807) is 18.4 Å². The SMILES string of the molecule is COCCN=C(NCCC(=O)NC(C)C)NCCc1cccs1.I. The normalized spacial score (nSPS) is 11.1. The molecule has 0 radical (unpaired) electrons. The monoisotopic (exact) mass is 468 g/mol. The van der Waals surface area contributed by atoms with Gasteiger partial charge in [0.25, 0.3) is 0 Å². The van der Waals surface area contributed by atoms with E-state index >= 15 is 0 Å². The zero-order valence-corrected chi connectivity index (χ0v) is 17.8. The number of nitrogens with zero attached hydrogens (tertiary/aromatic N) is 1. The van der Waals surface area contributed by atoms with Crippen molar-refractivity contribution in [1.82, 2.24) is 16.0 Å².